The zero-order valence-corrected chi connectivity index (χ0v) is 23.9. The van der Waals surface area contributed by atoms with E-state index in [4.69, 9.17) is 11.6 Å². The summed E-state index contributed by atoms with van der Waals surface area (Å²) in [6, 6.07) is 19.7. The van der Waals surface area contributed by atoms with E-state index in [0.717, 1.165) is 5.56 Å². The Morgan fingerprint density at radius 3 is 2.27 bits per heavy atom. The van der Waals surface area contributed by atoms with E-state index in [0.29, 0.717) is 41.2 Å². The first-order valence-corrected chi connectivity index (χ1v) is 13.7. The third-order valence-electron chi connectivity index (χ3n) is 7.90. The first kappa shape index (κ1) is 29.3. The summed E-state index contributed by atoms with van der Waals surface area (Å²) in [7, 11) is 0. The highest BCUT2D eigenvalue weighted by Crippen LogP contribution is 2.46. The smallest absolute Gasteiger partial charge is 0.336 e. The lowest BCUT2D eigenvalue weighted by Crippen LogP contribution is -2.60. The van der Waals surface area contributed by atoms with E-state index in [1.54, 1.807) is 59.5 Å². The molecule has 0 aliphatic carbocycles. The number of carbonyl (C=O) groups excluding carboxylic acids is 2. The van der Waals surface area contributed by atoms with Crippen LogP contribution >= 0.6 is 11.6 Å². The van der Waals surface area contributed by atoms with Gasteiger partial charge in [-0.3, -0.25) is 9.59 Å². The van der Waals surface area contributed by atoms with Crippen molar-refractivity contribution in [1.82, 2.24) is 10.2 Å². The normalized spacial score (nSPS) is 19.2. The number of halogens is 1. The van der Waals surface area contributed by atoms with Crippen LogP contribution in [0.25, 0.3) is 11.1 Å². The van der Waals surface area contributed by atoms with Crippen LogP contribution in [0.3, 0.4) is 0 Å². The first-order valence-electron chi connectivity index (χ1n) is 13.3. The molecule has 0 aromatic heterocycles. The van der Waals surface area contributed by atoms with Crippen molar-refractivity contribution in [3.63, 3.8) is 0 Å². The number of hydrogen-bond acceptors (Lipinski definition) is 4. The molecule has 1 aliphatic rings. The van der Waals surface area contributed by atoms with Gasteiger partial charge in [-0.2, -0.15) is 0 Å². The van der Waals surface area contributed by atoms with Crippen LogP contribution in [0.5, 0.6) is 0 Å². The molecule has 1 saturated heterocycles. The van der Waals surface area contributed by atoms with E-state index in [9.17, 15) is 24.6 Å². The van der Waals surface area contributed by atoms with Gasteiger partial charge in [0.15, 0.2) is 0 Å². The van der Waals surface area contributed by atoms with Crippen molar-refractivity contribution in [1.29, 1.82) is 0 Å². The fourth-order valence-corrected chi connectivity index (χ4v) is 5.58. The standard InChI is InChI=1S/C32H35ClN2O5/c1-20(2)27(29(37)35-17-16-32(40,31(3,4)19-35)23-12-14-24(33)15-13-23)34-28(36)22-9-7-8-21(18-22)25-10-5-6-11-26(25)30(38)39/h5-15,18,20,27,40H,16-17,19H2,1-4H3,(H,34,36)(H,38,39)/t27-,32+/m1/s1. The van der Waals surface area contributed by atoms with E-state index < -0.39 is 28.9 Å². The molecule has 8 heteroatoms. The highest BCUT2D eigenvalue weighted by Gasteiger charge is 2.50. The van der Waals surface area contributed by atoms with Crippen molar-refractivity contribution >= 4 is 29.4 Å². The second kappa shape index (κ2) is 11.4. The number of aliphatic hydroxyl groups is 1. The number of amides is 2. The van der Waals surface area contributed by atoms with Gasteiger partial charge in [0.25, 0.3) is 5.91 Å². The summed E-state index contributed by atoms with van der Waals surface area (Å²) in [6.45, 7) is 8.27. The molecule has 7 nitrogen and oxygen atoms in total. The van der Waals surface area contributed by atoms with E-state index in [2.05, 4.69) is 5.32 Å². The van der Waals surface area contributed by atoms with Crippen molar-refractivity contribution < 1.29 is 24.6 Å². The number of carboxylic acid groups (broad SMARTS) is 1. The number of aromatic carboxylic acids is 1. The van der Waals surface area contributed by atoms with Crippen LogP contribution in [0.1, 0.15) is 60.4 Å². The van der Waals surface area contributed by atoms with Crippen LogP contribution in [0.2, 0.25) is 5.02 Å². The van der Waals surface area contributed by atoms with E-state index in [-0.39, 0.29) is 17.4 Å². The van der Waals surface area contributed by atoms with Gasteiger partial charge in [0.05, 0.1) is 11.2 Å². The number of likely N-dealkylation sites (tertiary alicyclic amines) is 1. The zero-order chi connectivity index (χ0) is 29.2. The second-order valence-electron chi connectivity index (χ2n) is 11.4. The van der Waals surface area contributed by atoms with Crippen molar-refractivity contribution in [2.24, 2.45) is 11.3 Å². The molecule has 40 heavy (non-hydrogen) atoms. The maximum atomic E-state index is 13.7. The Morgan fingerprint density at radius 1 is 0.975 bits per heavy atom. The maximum absolute atomic E-state index is 13.7. The molecular weight excluding hydrogens is 528 g/mol. The molecule has 3 N–H and O–H groups in total. The second-order valence-corrected chi connectivity index (χ2v) is 11.8. The lowest BCUT2D eigenvalue weighted by Gasteiger charge is -2.51. The quantitative estimate of drug-likeness (QED) is 0.347. The summed E-state index contributed by atoms with van der Waals surface area (Å²) in [5, 5.41) is 24.8. The Morgan fingerprint density at radius 2 is 1.65 bits per heavy atom. The first-order chi connectivity index (χ1) is 18.8. The third kappa shape index (κ3) is 5.76. The van der Waals surface area contributed by atoms with Crippen LogP contribution in [0.4, 0.5) is 0 Å². The molecule has 0 unspecified atom stereocenters. The van der Waals surface area contributed by atoms with Crippen LogP contribution in [0, 0.1) is 11.3 Å². The predicted octanol–water partition coefficient (Wildman–Crippen LogP) is 5.61. The topological polar surface area (TPSA) is 107 Å². The molecule has 0 spiro atoms. The van der Waals surface area contributed by atoms with Gasteiger partial charge < -0.3 is 20.4 Å². The Hall–Kier alpha value is -3.68. The molecule has 3 aromatic rings. The average Bonchev–Trinajstić information content (AvgIpc) is 2.92. The van der Waals surface area contributed by atoms with Crippen LogP contribution in [-0.4, -0.2) is 52.0 Å². The highest BCUT2D eigenvalue weighted by molar-refractivity contribution is 6.30. The fourth-order valence-electron chi connectivity index (χ4n) is 5.46. The Bertz CT molecular complexity index is 1420. The minimum absolute atomic E-state index is 0.140. The van der Waals surface area contributed by atoms with Gasteiger partial charge in [0.1, 0.15) is 6.04 Å². The number of piperidine rings is 1. The van der Waals surface area contributed by atoms with Crippen molar-refractivity contribution in [3.8, 4) is 11.1 Å². The molecular formula is C32H35ClN2O5. The van der Waals surface area contributed by atoms with Gasteiger partial charge in [0.2, 0.25) is 5.91 Å². The minimum Gasteiger partial charge on any atom is -0.478 e. The van der Waals surface area contributed by atoms with E-state index in [1.165, 1.54) is 6.07 Å². The molecule has 2 amide bonds. The molecule has 210 valence electrons. The van der Waals surface area contributed by atoms with Gasteiger partial charge in [0, 0.05) is 29.1 Å². The number of hydrogen-bond donors (Lipinski definition) is 3. The summed E-state index contributed by atoms with van der Waals surface area (Å²) >= 11 is 6.05. The Labute approximate surface area is 239 Å². The van der Waals surface area contributed by atoms with Gasteiger partial charge in [-0.15, -0.1) is 0 Å². The lowest BCUT2D eigenvalue weighted by molar-refractivity contribution is -0.155. The van der Waals surface area contributed by atoms with Gasteiger partial charge in [-0.05, 0) is 59.4 Å². The van der Waals surface area contributed by atoms with Gasteiger partial charge >= 0.3 is 5.97 Å². The number of carbonyl (C=O) groups is 3. The molecule has 1 fully saturated rings. The molecule has 1 aliphatic heterocycles. The molecule has 3 aromatic carbocycles. The van der Waals surface area contributed by atoms with Crippen molar-refractivity contribution in [2.75, 3.05) is 13.1 Å². The zero-order valence-electron chi connectivity index (χ0n) is 23.1. The highest BCUT2D eigenvalue weighted by atomic mass is 35.5. The van der Waals surface area contributed by atoms with Gasteiger partial charge in [-0.1, -0.05) is 81.8 Å². The predicted molar refractivity (Wildman–Crippen MR) is 155 cm³/mol. The monoisotopic (exact) mass is 562 g/mol. The SMILES string of the molecule is CC(C)[C@@H](NC(=O)c1cccc(-c2ccccc2C(=O)O)c1)C(=O)N1CC[C@](O)(c2ccc(Cl)cc2)C(C)(C)C1. The number of benzene rings is 3. The Kier molecular flexibility index (Phi) is 8.38. The third-order valence-corrected chi connectivity index (χ3v) is 8.15. The minimum atomic E-state index is -1.14. The van der Waals surface area contributed by atoms with Gasteiger partial charge in [-0.25, -0.2) is 4.79 Å². The molecule has 0 saturated carbocycles. The Balaban J connectivity index is 1.53. The number of nitrogens with zero attached hydrogens (tertiary/aromatic N) is 1. The maximum Gasteiger partial charge on any atom is 0.336 e. The van der Waals surface area contributed by atoms with Crippen LogP contribution in [-0.2, 0) is 10.4 Å². The summed E-state index contributed by atoms with van der Waals surface area (Å²) in [5.74, 6) is -1.87. The van der Waals surface area contributed by atoms with Crippen molar-refractivity contribution in [3.05, 3.63) is 94.5 Å². The molecule has 0 radical (unpaired) electrons. The largest absolute Gasteiger partial charge is 0.478 e. The lowest BCUT2D eigenvalue weighted by atomic mass is 9.66. The van der Waals surface area contributed by atoms with Crippen LogP contribution in [0.15, 0.2) is 72.8 Å². The molecule has 4 rings (SSSR count). The van der Waals surface area contributed by atoms with Crippen LogP contribution < -0.4 is 5.32 Å². The summed E-state index contributed by atoms with van der Waals surface area (Å²) in [5.41, 5.74) is 0.520. The van der Waals surface area contributed by atoms with E-state index >= 15 is 0 Å². The summed E-state index contributed by atoms with van der Waals surface area (Å²) < 4.78 is 0. The number of carboxylic acids is 1. The van der Waals surface area contributed by atoms with Crippen molar-refractivity contribution in [2.45, 2.75) is 45.8 Å². The fraction of sp³-hybridized carbons (Fsp3) is 0.344. The average molecular weight is 563 g/mol. The summed E-state index contributed by atoms with van der Waals surface area (Å²) in [4.78, 5) is 40.5. The molecule has 1 heterocycles. The number of rotatable bonds is 7. The number of nitrogens with one attached hydrogen (secondary N) is 1. The molecule has 2 atom stereocenters. The summed E-state index contributed by atoms with van der Waals surface area (Å²) in [6.07, 6.45) is 0.344. The molecule has 0 bridgehead atoms. The van der Waals surface area contributed by atoms with E-state index in [1.807, 2.05) is 39.8 Å².